The van der Waals surface area contributed by atoms with Crippen LogP contribution >= 0.6 is 0 Å². The summed E-state index contributed by atoms with van der Waals surface area (Å²) in [6.45, 7) is 2.24. The third-order valence-electron chi connectivity index (χ3n) is 3.68. The Morgan fingerprint density at radius 1 is 1.24 bits per heavy atom. The first kappa shape index (κ1) is 12.4. The SMILES string of the molecule is COc1cccc([C@@H](C)NC2CCCCC2)c1. The molecular formula is C15H23NO. The molecule has 1 fully saturated rings. The van der Waals surface area contributed by atoms with Crippen molar-refractivity contribution in [3.8, 4) is 5.75 Å². The molecule has 0 aliphatic heterocycles. The first-order valence-electron chi connectivity index (χ1n) is 6.69. The molecule has 2 rings (SSSR count). The molecule has 17 heavy (non-hydrogen) atoms. The summed E-state index contributed by atoms with van der Waals surface area (Å²) in [6.07, 6.45) is 6.82. The number of hydrogen-bond acceptors (Lipinski definition) is 2. The van der Waals surface area contributed by atoms with E-state index < -0.39 is 0 Å². The maximum absolute atomic E-state index is 5.27. The monoisotopic (exact) mass is 233 g/mol. The summed E-state index contributed by atoms with van der Waals surface area (Å²) in [7, 11) is 1.72. The second-order valence-corrected chi connectivity index (χ2v) is 5.00. The molecule has 1 saturated carbocycles. The molecule has 0 saturated heterocycles. The van der Waals surface area contributed by atoms with Crippen molar-refractivity contribution in [2.24, 2.45) is 0 Å². The summed E-state index contributed by atoms with van der Waals surface area (Å²) in [5.41, 5.74) is 1.31. The molecule has 2 heteroatoms. The van der Waals surface area contributed by atoms with Crippen molar-refractivity contribution in [1.82, 2.24) is 5.32 Å². The van der Waals surface area contributed by atoms with Gasteiger partial charge in [-0.1, -0.05) is 31.4 Å². The van der Waals surface area contributed by atoms with Crippen LogP contribution in [-0.2, 0) is 0 Å². The van der Waals surface area contributed by atoms with Gasteiger partial charge in [-0.15, -0.1) is 0 Å². The second-order valence-electron chi connectivity index (χ2n) is 5.00. The number of ether oxygens (including phenoxy) is 1. The van der Waals surface area contributed by atoms with E-state index in [4.69, 9.17) is 4.74 Å². The number of nitrogens with one attached hydrogen (secondary N) is 1. The summed E-state index contributed by atoms with van der Waals surface area (Å²) in [4.78, 5) is 0. The molecule has 0 amide bonds. The van der Waals surface area contributed by atoms with Gasteiger partial charge in [0.1, 0.15) is 5.75 Å². The Hall–Kier alpha value is -1.02. The molecule has 1 aromatic rings. The summed E-state index contributed by atoms with van der Waals surface area (Å²) in [5.74, 6) is 0.944. The molecule has 1 aliphatic rings. The lowest BCUT2D eigenvalue weighted by atomic mass is 9.94. The van der Waals surface area contributed by atoms with Gasteiger partial charge >= 0.3 is 0 Å². The van der Waals surface area contributed by atoms with E-state index in [1.54, 1.807) is 7.11 Å². The molecule has 0 radical (unpaired) electrons. The maximum Gasteiger partial charge on any atom is 0.119 e. The molecule has 0 heterocycles. The van der Waals surface area contributed by atoms with E-state index in [9.17, 15) is 0 Å². The molecule has 1 aromatic carbocycles. The van der Waals surface area contributed by atoms with Gasteiger partial charge < -0.3 is 10.1 Å². The van der Waals surface area contributed by atoms with Crippen LogP contribution in [0.2, 0.25) is 0 Å². The average Bonchev–Trinajstić information content (AvgIpc) is 2.40. The minimum absolute atomic E-state index is 0.410. The van der Waals surface area contributed by atoms with Gasteiger partial charge in [0.2, 0.25) is 0 Å². The first-order chi connectivity index (χ1) is 8.29. The Morgan fingerprint density at radius 2 is 2.00 bits per heavy atom. The van der Waals surface area contributed by atoms with Crippen molar-refractivity contribution < 1.29 is 4.74 Å². The molecule has 1 N–H and O–H groups in total. The van der Waals surface area contributed by atoms with Gasteiger partial charge in [0, 0.05) is 12.1 Å². The summed E-state index contributed by atoms with van der Waals surface area (Å²) >= 11 is 0. The second kappa shape index (κ2) is 6.06. The molecule has 2 nitrogen and oxygen atoms in total. The zero-order valence-electron chi connectivity index (χ0n) is 10.9. The molecular weight excluding hydrogens is 210 g/mol. The maximum atomic E-state index is 5.27. The highest BCUT2D eigenvalue weighted by Crippen LogP contribution is 2.23. The van der Waals surface area contributed by atoms with Crippen LogP contribution < -0.4 is 10.1 Å². The molecule has 0 spiro atoms. The van der Waals surface area contributed by atoms with Gasteiger partial charge in [0.15, 0.2) is 0 Å². The highest BCUT2D eigenvalue weighted by molar-refractivity contribution is 5.30. The van der Waals surface area contributed by atoms with E-state index in [0.717, 1.165) is 5.75 Å². The zero-order valence-corrected chi connectivity index (χ0v) is 10.9. The van der Waals surface area contributed by atoms with Gasteiger partial charge in [-0.25, -0.2) is 0 Å². The van der Waals surface area contributed by atoms with Crippen LogP contribution in [0.25, 0.3) is 0 Å². The Morgan fingerprint density at radius 3 is 2.71 bits per heavy atom. The fourth-order valence-electron chi connectivity index (χ4n) is 2.63. The minimum atomic E-state index is 0.410. The standard InChI is InChI=1S/C15H23NO/c1-12(16-14-8-4-3-5-9-14)13-7-6-10-15(11-13)17-2/h6-7,10-12,14,16H,3-5,8-9H2,1-2H3/t12-/m1/s1. The fraction of sp³-hybridized carbons (Fsp3) is 0.600. The zero-order chi connectivity index (χ0) is 12.1. The van der Waals surface area contributed by atoms with Crippen molar-refractivity contribution in [3.05, 3.63) is 29.8 Å². The lowest BCUT2D eigenvalue weighted by Gasteiger charge is -2.27. The average molecular weight is 233 g/mol. The van der Waals surface area contributed by atoms with E-state index >= 15 is 0 Å². The Bertz CT molecular complexity index is 345. The van der Waals surface area contributed by atoms with Crippen LogP contribution in [0.3, 0.4) is 0 Å². The Kier molecular flexibility index (Phi) is 4.43. The van der Waals surface area contributed by atoms with Gasteiger partial charge in [-0.2, -0.15) is 0 Å². The highest BCUT2D eigenvalue weighted by atomic mass is 16.5. The summed E-state index contributed by atoms with van der Waals surface area (Å²) in [6, 6.07) is 9.46. The molecule has 1 atom stereocenters. The topological polar surface area (TPSA) is 21.3 Å². The predicted octanol–water partition coefficient (Wildman–Crippen LogP) is 3.68. The molecule has 94 valence electrons. The van der Waals surface area contributed by atoms with Gasteiger partial charge in [0.05, 0.1) is 7.11 Å². The van der Waals surface area contributed by atoms with Gasteiger partial charge in [-0.05, 0) is 37.5 Å². The lowest BCUT2D eigenvalue weighted by molar-refractivity contribution is 0.346. The largest absolute Gasteiger partial charge is 0.497 e. The quantitative estimate of drug-likeness (QED) is 0.856. The minimum Gasteiger partial charge on any atom is -0.497 e. The van der Waals surface area contributed by atoms with Crippen LogP contribution in [0.5, 0.6) is 5.75 Å². The van der Waals surface area contributed by atoms with Gasteiger partial charge in [0.25, 0.3) is 0 Å². The molecule has 0 aromatic heterocycles. The van der Waals surface area contributed by atoms with E-state index in [1.807, 2.05) is 6.07 Å². The van der Waals surface area contributed by atoms with Crippen LogP contribution in [-0.4, -0.2) is 13.2 Å². The van der Waals surface area contributed by atoms with Crippen molar-refractivity contribution in [2.75, 3.05) is 7.11 Å². The Labute approximate surface area is 104 Å². The van der Waals surface area contributed by atoms with Crippen LogP contribution in [0.1, 0.15) is 50.6 Å². The lowest BCUT2D eigenvalue weighted by Crippen LogP contribution is -2.33. The number of benzene rings is 1. The van der Waals surface area contributed by atoms with Crippen molar-refractivity contribution >= 4 is 0 Å². The van der Waals surface area contributed by atoms with E-state index in [2.05, 4.69) is 30.4 Å². The molecule has 0 bridgehead atoms. The number of methoxy groups -OCH3 is 1. The van der Waals surface area contributed by atoms with Crippen LogP contribution in [0.15, 0.2) is 24.3 Å². The highest BCUT2D eigenvalue weighted by Gasteiger charge is 2.16. The fourth-order valence-corrected chi connectivity index (χ4v) is 2.63. The number of hydrogen-bond donors (Lipinski definition) is 1. The van der Waals surface area contributed by atoms with E-state index in [0.29, 0.717) is 12.1 Å². The third kappa shape index (κ3) is 3.47. The van der Waals surface area contributed by atoms with Crippen molar-refractivity contribution in [2.45, 2.75) is 51.1 Å². The molecule has 0 unspecified atom stereocenters. The van der Waals surface area contributed by atoms with E-state index in [-0.39, 0.29) is 0 Å². The number of rotatable bonds is 4. The van der Waals surface area contributed by atoms with Crippen LogP contribution in [0, 0.1) is 0 Å². The summed E-state index contributed by atoms with van der Waals surface area (Å²) < 4.78 is 5.27. The smallest absolute Gasteiger partial charge is 0.119 e. The van der Waals surface area contributed by atoms with E-state index in [1.165, 1.54) is 37.7 Å². The Balaban J connectivity index is 1.95. The predicted molar refractivity (Wildman–Crippen MR) is 71.4 cm³/mol. The summed E-state index contributed by atoms with van der Waals surface area (Å²) in [5, 5.41) is 3.73. The third-order valence-corrected chi connectivity index (χ3v) is 3.68. The van der Waals surface area contributed by atoms with Crippen molar-refractivity contribution in [1.29, 1.82) is 0 Å². The van der Waals surface area contributed by atoms with Crippen molar-refractivity contribution in [3.63, 3.8) is 0 Å². The van der Waals surface area contributed by atoms with Crippen LogP contribution in [0.4, 0.5) is 0 Å². The normalized spacial score (nSPS) is 18.9. The first-order valence-corrected chi connectivity index (χ1v) is 6.69. The van der Waals surface area contributed by atoms with Gasteiger partial charge in [-0.3, -0.25) is 0 Å². The molecule has 1 aliphatic carbocycles.